The van der Waals surface area contributed by atoms with Gasteiger partial charge in [-0.2, -0.15) is 5.10 Å². The van der Waals surface area contributed by atoms with Crippen LogP contribution in [-0.4, -0.2) is 37.5 Å². The maximum absolute atomic E-state index is 9.42. The van der Waals surface area contributed by atoms with Crippen molar-refractivity contribution in [3.05, 3.63) is 35.2 Å². The van der Waals surface area contributed by atoms with Crippen LogP contribution in [0.15, 0.2) is 12.4 Å². The Kier molecular flexibility index (Phi) is 2.93. The third-order valence-corrected chi connectivity index (χ3v) is 4.53. The summed E-state index contributed by atoms with van der Waals surface area (Å²) in [4.78, 5) is 8.89. The van der Waals surface area contributed by atoms with Crippen molar-refractivity contribution in [2.45, 2.75) is 31.8 Å². The van der Waals surface area contributed by atoms with Gasteiger partial charge in [0.05, 0.1) is 12.3 Å². The van der Waals surface area contributed by atoms with E-state index >= 15 is 0 Å². The average Bonchev–Trinajstić information content (AvgIpc) is 3.08. The molecule has 1 aliphatic rings. The molecule has 7 nitrogen and oxygen atoms in total. The number of nitrogens with two attached hydrogens (primary N) is 1. The fourth-order valence-corrected chi connectivity index (χ4v) is 3.47. The Morgan fingerprint density at radius 1 is 1.50 bits per heavy atom. The summed E-state index contributed by atoms with van der Waals surface area (Å²) in [5.74, 6) is 1.81. The number of nitrogens with one attached hydrogen (secondary N) is 1. The van der Waals surface area contributed by atoms with Gasteiger partial charge in [0.2, 0.25) is 0 Å². The van der Waals surface area contributed by atoms with Gasteiger partial charge in [0.1, 0.15) is 17.2 Å². The zero-order valence-electron chi connectivity index (χ0n) is 12.4. The minimum Gasteiger partial charge on any atom is -0.390 e. The Morgan fingerprint density at radius 3 is 3.18 bits per heavy atom. The molecule has 0 bridgehead atoms. The summed E-state index contributed by atoms with van der Waals surface area (Å²) in [6, 6.07) is 0. The molecule has 1 atom stereocenters. The molecule has 1 unspecified atom stereocenters. The molecular weight excluding hydrogens is 279 g/mol. The Morgan fingerprint density at radius 2 is 2.36 bits per heavy atom. The van der Waals surface area contributed by atoms with Gasteiger partial charge >= 0.3 is 0 Å². The number of fused-ring (bicyclic) bond motifs is 2. The van der Waals surface area contributed by atoms with Crippen molar-refractivity contribution in [3.63, 3.8) is 0 Å². The molecule has 0 aliphatic heterocycles. The minimum atomic E-state index is -0.0310. The number of hydrogen-bond donors (Lipinski definition) is 3. The largest absolute Gasteiger partial charge is 0.390 e. The molecule has 8 heteroatoms. The van der Waals surface area contributed by atoms with Gasteiger partial charge in [-0.15, -0.1) is 0 Å². The molecule has 1 aliphatic carbocycles. The molecule has 3 heterocycles. The second-order valence-corrected chi connectivity index (χ2v) is 5.81. The van der Waals surface area contributed by atoms with Gasteiger partial charge in [-0.3, -0.25) is 9.50 Å². The van der Waals surface area contributed by atoms with E-state index in [1.165, 1.54) is 0 Å². The number of aliphatic hydroxyl groups excluding tert-OH is 1. The van der Waals surface area contributed by atoms with Gasteiger partial charge in [0.15, 0.2) is 7.85 Å². The van der Waals surface area contributed by atoms with Crippen LogP contribution in [0, 0.1) is 0 Å². The van der Waals surface area contributed by atoms with Crippen molar-refractivity contribution in [2.75, 3.05) is 5.73 Å². The van der Waals surface area contributed by atoms with Crippen LogP contribution in [0.3, 0.4) is 0 Å². The number of nitrogen functional groups attached to an aromatic ring is 1. The Labute approximate surface area is 128 Å². The lowest BCUT2D eigenvalue weighted by atomic mass is 9.86. The van der Waals surface area contributed by atoms with E-state index < -0.39 is 0 Å². The molecule has 0 fully saturated rings. The van der Waals surface area contributed by atoms with Crippen molar-refractivity contribution in [1.29, 1.82) is 0 Å². The zero-order valence-corrected chi connectivity index (χ0v) is 12.4. The molecule has 0 saturated heterocycles. The van der Waals surface area contributed by atoms with Crippen molar-refractivity contribution in [2.24, 2.45) is 0 Å². The molecule has 0 radical (unpaired) electrons. The first kappa shape index (κ1) is 13.3. The van der Waals surface area contributed by atoms with Crippen LogP contribution < -0.4 is 11.3 Å². The van der Waals surface area contributed by atoms with Crippen LogP contribution >= 0.6 is 0 Å². The number of aryl methyl sites for hydroxylation is 1. The lowest BCUT2D eigenvalue weighted by Gasteiger charge is -2.21. The molecular formula is C14H17BN6O. The number of aromatic amines is 1. The standard InChI is InChI=1S/C14H17BN6O/c15-12-11-13(16)17-3-4-21(11)14(18-12)7-1-2-9-8(5-7)10(6-22)20-19-9/h3-4,7,22H,1-2,5-6,15H2,(H2,16,17)(H,19,20). The summed E-state index contributed by atoms with van der Waals surface area (Å²) in [5.41, 5.74) is 10.8. The normalized spacial score (nSPS) is 17.8. The number of H-pyrrole nitrogens is 1. The van der Waals surface area contributed by atoms with E-state index in [9.17, 15) is 5.11 Å². The number of rotatable bonds is 2. The van der Waals surface area contributed by atoms with Crippen molar-refractivity contribution in [1.82, 2.24) is 24.6 Å². The van der Waals surface area contributed by atoms with E-state index in [1.807, 2.05) is 18.4 Å². The molecule has 0 saturated carbocycles. The molecule has 0 spiro atoms. The lowest BCUT2D eigenvalue weighted by Crippen LogP contribution is -2.16. The smallest absolute Gasteiger partial charge is 0.167 e. The summed E-state index contributed by atoms with van der Waals surface area (Å²) in [6.07, 6.45) is 6.38. The first-order valence-electron chi connectivity index (χ1n) is 7.44. The van der Waals surface area contributed by atoms with Crippen LogP contribution in [0.4, 0.5) is 5.82 Å². The van der Waals surface area contributed by atoms with Gasteiger partial charge in [-0.1, -0.05) is 0 Å². The lowest BCUT2D eigenvalue weighted by molar-refractivity contribution is 0.275. The monoisotopic (exact) mass is 296 g/mol. The molecule has 22 heavy (non-hydrogen) atoms. The summed E-state index contributed by atoms with van der Waals surface area (Å²) in [5, 5.41) is 16.7. The van der Waals surface area contributed by atoms with E-state index in [-0.39, 0.29) is 6.61 Å². The fourth-order valence-electron chi connectivity index (χ4n) is 3.47. The Bertz CT molecular complexity index is 841. The third kappa shape index (κ3) is 1.84. The van der Waals surface area contributed by atoms with Gasteiger partial charge in [0, 0.05) is 29.6 Å². The minimum absolute atomic E-state index is 0.0310. The molecule has 3 aromatic heterocycles. The SMILES string of the molecule is Bc1nc(C2CCc3[nH]nc(CO)c3C2)n2ccnc(N)c12. The quantitative estimate of drug-likeness (QED) is 0.529. The topological polar surface area (TPSA) is 105 Å². The number of aromatic nitrogens is 5. The molecule has 0 amide bonds. The molecule has 3 aromatic rings. The van der Waals surface area contributed by atoms with Crippen molar-refractivity contribution in [3.8, 4) is 0 Å². The maximum Gasteiger partial charge on any atom is 0.167 e. The summed E-state index contributed by atoms with van der Waals surface area (Å²) in [6.45, 7) is -0.0310. The summed E-state index contributed by atoms with van der Waals surface area (Å²) < 4.78 is 2.05. The van der Waals surface area contributed by atoms with Crippen LogP contribution in [0.2, 0.25) is 0 Å². The Hall–Kier alpha value is -2.35. The number of hydrogen-bond acceptors (Lipinski definition) is 5. The fraction of sp³-hybridized carbons (Fsp3) is 0.357. The Balaban J connectivity index is 1.79. The van der Waals surface area contributed by atoms with Gasteiger partial charge in [-0.25, -0.2) is 9.97 Å². The highest BCUT2D eigenvalue weighted by Gasteiger charge is 2.28. The van der Waals surface area contributed by atoms with E-state index in [0.717, 1.165) is 53.1 Å². The van der Waals surface area contributed by atoms with Crippen molar-refractivity contribution >= 4 is 24.8 Å². The predicted molar refractivity (Wildman–Crippen MR) is 84.9 cm³/mol. The second kappa shape index (κ2) is 4.84. The van der Waals surface area contributed by atoms with Gasteiger partial charge < -0.3 is 10.8 Å². The number of nitrogens with zero attached hydrogens (tertiary/aromatic N) is 4. The second-order valence-electron chi connectivity index (χ2n) is 5.81. The maximum atomic E-state index is 9.42. The summed E-state index contributed by atoms with van der Waals surface area (Å²) >= 11 is 0. The van der Waals surface area contributed by atoms with Gasteiger partial charge in [-0.05, 0) is 24.8 Å². The molecule has 0 aromatic carbocycles. The highest BCUT2D eigenvalue weighted by Crippen LogP contribution is 2.33. The third-order valence-electron chi connectivity index (χ3n) is 4.53. The van der Waals surface area contributed by atoms with Gasteiger partial charge in [0.25, 0.3) is 0 Å². The zero-order chi connectivity index (χ0) is 15.3. The number of imidazole rings is 1. The first-order valence-corrected chi connectivity index (χ1v) is 7.44. The van der Waals surface area contributed by atoms with E-state index in [0.29, 0.717) is 11.7 Å². The van der Waals surface area contributed by atoms with Crippen LogP contribution in [-0.2, 0) is 19.4 Å². The van der Waals surface area contributed by atoms with Crippen LogP contribution in [0.25, 0.3) is 5.52 Å². The van der Waals surface area contributed by atoms with Crippen molar-refractivity contribution < 1.29 is 5.11 Å². The molecule has 4 N–H and O–H groups in total. The molecule has 112 valence electrons. The van der Waals surface area contributed by atoms with E-state index in [1.54, 1.807) is 6.20 Å². The summed E-state index contributed by atoms with van der Waals surface area (Å²) in [7, 11) is 1.96. The van der Waals surface area contributed by atoms with Crippen LogP contribution in [0.1, 0.15) is 35.1 Å². The number of anilines is 1. The van der Waals surface area contributed by atoms with E-state index in [2.05, 4.69) is 15.2 Å². The first-order chi connectivity index (χ1) is 10.7. The average molecular weight is 296 g/mol. The van der Waals surface area contributed by atoms with E-state index in [4.69, 9.17) is 10.7 Å². The highest BCUT2D eigenvalue weighted by molar-refractivity contribution is 6.36. The molecule has 4 rings (SSSR count). The van der Waals surface area contributed by atoms with Crippen LogP contribution in [0.5, 0.6) is 0 Å². The number of aliphatic hydroxyl groups is 1. The predicted octanol–water partition coefficient (Wildman–Crippen LogP) is -0.942. The highest BCUT2D eigenvalue weighted by atomic mass is 16.3.